The van der Waals surface area contributed by atoms with E-state index in [1.807, 2.05) is 0 Å². The van der Waals surface area contributed by atoms with Crippen molar-refractivity contribution in [3.8, 4) is 0 Å². The molecule has 0 saturated carbocycles. The van der Waals surface area contributed by atoms with Gasteiger partial charge in [-0.2, -0.15) is 0 Å². The maximum absolute atomic E-state index is 11.5. The lowest BCUT2D eigenvalue weighted by atomic mass is 10.0. The molecule has 0 unspecified atom stereocenters. The smallest absolute Gasteiger partial charge is 0.336 e. The van der Waals surface area contributed by atoms with Crippen molar-refractivity contribution in [1.29, 1.82) is 0 Å². The van der Waals surface area contributed by atoms with Crippen molar-refractivity contribution in [1.82, 2.24) is 0 Å². The number of carboxylic acids is 1. The van der Waals surface area contributed by atoms with E-state index in [0.717, 1.165) is 6.07 Å². The number of nitro groups is 1. The molecule has 5 nitrogen and oxygen atoms in total. The maximum atomic E-state index is 11.5. The molecular formula is C15H8Cl3NO4. The molecule has 1 N–H and O–H groups in total. The quantitative estimate of drug-likeness (QED) is 0.347. The number of halogens is 3. The molecular weight excluding hydrogens is 365 g/mol. The lowest BCUT2D eigenvalue weighted by molar-refractivity contribution is -0.385. The van der Waals surface area contributed by atoms with E-state index >= 15 is 0 Å². The molecule has 23 heavy (non-hydrogen) atoms. The van der Waals surface area contributed by atoms with Crippen LogP contribution in [0.4, 0.5) is 5.69 Å². The van der Waals surface area contributed by atoms with Crippen molar-refractivity contribution in [2.24, 2.45) is 0 Å². The van der Waals surface area contributed by atoms with Crippen molar-refractivity contribution in [3.63, 3.8) is 0 Å². The fraction of sp³-hybridized carbons (Fsp3) is 0. The van der Waals surface area contributed by atoms with Gasteiger partial charge in [0.1, 0.15) is 0 Å². The number of carboxylic acid groups (broad SMARTS) is 1. The standard InChI is InChI=1S/C15H8Cl3NO4/c16-9-2-1-8(13(18)6-9)5-12(15(20)21)11-4-3-10(17)7-14(11)19(22)23/h1-7H,(H,20,21)/b12-5-. The first-order valence-electron chi connectivity index (χ1n) is 6.14. The average molecular weight is 373 g/mol. The maximum Gasteiger partial charge on any atom is 0.336 e. The highest BCUT2D eigenvalue weighted by Crippen LogP contribution is 2.32. The number of carbonyl (C=O) groups is 1. The normalized spacial score (nSPS) is 11.3. The van der Waals surface area contributed by atoms with Gasteiger partial charge in [0.05, 0.1) is 16.1 Å². The SMILES string of the molecule is O=C(O)/C(=C\c1ccc(Cl)cc1Cl)c1ccc(Cl)cc1[N+](=O)[O-]. The molecule has 0 spiro atoms. The Balaban J connectivity index is 2.66. The van der Waals surface area contributed by atoms with Crippen LogP contribution in [0.1, 0.15) is 11.1 Å². The number of nitrogens with zero attached hydrogens (tertiary/aromatic N) is 1. The minimum Gasteiger partial charge on any atom is -0.478 e. The summed E-state index contributed by atoms with van der Waals surface area (Å²) < 4.78 is 0. The minimum absolute atomic E-state index is 0.0714. The van der Waals surface area contributed by atoms with E-state index < -0.39 is 16.6 Å². The van der Waals surface area contributed by atoms with E-state index in [9.17, 15) is 20.0 Å². The van der Waals surface area contributed by atoms with Gasteiger partial charge in [0.2, 0.25) is 0 Å². The molecule has 0 radical (unpaired) electrons. The zero-order chi connectivity index (χ0) is 17.1. The van der Waals surface area contributed by atoms with Crippen LogP contribution >= 0.6 is 34.8 Å². The molecule has 0 aromatic heterocycles. The number of hydrogen-bond donors (Lipinski definition) is 1. The zero-order valence-electron chi connectivity index (χ0n) is 11.3. The molecule has 0 atom stereocenters. The van der Waals surface area contributed by atoms with Crippen LogP contribution in [-0.4, -0.2) is 16.0 Å². The number of hydrogen-bond acceptors (Lipinski definition) is 3. The zero-order valence-corrected chi connectivity index (χ0v) is 13.6. The largest absolute Gasteiger partial charge is 0.478 e. The fourth-order valence-corrected chi connectivity index (χ4v) is 2.54. The summed E-state index contributed by atoms with van der Waals surface area (Å²) in [6.07, 6.45) is 1.25. The lowest BCUT2D eigenvalue weighted by Gasteiger charge is -2.06. The molecule has 0 aliphatic heterocycles. The molecule has 118 valence electrons. The van der Waals surface area contributed by atoms with Gasteiger partial charge in [0.15, 0.2) is 0 Å². The predicted molar refractivity (Wildman–Crippen MR) is 90.1 cm³/mol. The second-order valence-electron chi connectivity index (χ2n) is 4.45. The van der Waals surface area contributed by atoms with Crippen molar-refractivity contribution < 1.29 is 14.8 Å². The third-order valence-electron chi connectivity index (χ3n) is 2.94. The summed E-state index contributed by atoms with van der Waals surface area (Å²) in [7, 11) is 0. The molecule has 2 rings (SSSR count). The van der Waals surface area contributed by atoms with Crippen LogP contribution in [0.5, 0.6) is 0 Å². The predicted octanol–water partition coefficient (Wildman–Crippen LogP) is 5.18. The Labute approximate surface area is 145 Å². The highest BCUT2D eigenvalue weighted by Gasteiger charge is 2.22. The Morgan fingerprint density at radius 3 is 2.26 bits per heavy atom. The Kier molecular flexibility index (Phi) is 5.26. The first-order chi connectivity index (χ1) is 10.8. The Hall–Kier alpha value is -2.08. The summed E-state index contributed by atoms with van der Waals surface area (Å²) in [5.74, 6) is -1.33. The van der Waals surface area contributed by atoms with E-state index in [4.69, 9.17) is 34.8 Å². The highest BCUT2D eigenvalue weighted by molar-refractivity contribution is 6.36. The van der Waals surface area contributed by atoms with Crippen LogP contribution in [0.3, 0.4) is 0 Å². The van der Waals surface area contributed by atoms with Crippen LogP contribution in [0.25, 0.3) is 11.6 Å². The van der Waals surface area contributed by atoms with Gasteiger partial charge in [-0.1, -0.05) is 40.9 Å². The van der Waals surface area contributed by atoms with Gasteiger partial charge < -0.3 is 5.11 Å². The average Bonchev–Trinajstić information content (AvgIpc) is 2.46. The summed E-state index contributed by atoms with van der Waals surface area (Å²) in [4.78, 5) is 22.0. The van der Waals surface area contributed by atoms with Gasteiger partial charge in [-0.3, -0.25) is 10.1 Å². The van der Waals surface area contributed by atoms with Crippen molar-refractivity contribution in [2.75, 3.05) is 0 Å². The van der Waals surface area contributed by atoms with Crippen LogP contribution < -0.4 is 0 Å². The molecule has 0 aliphatic rings. The summed E-state index contributed by atoms with van der Waals surface area (Å²) in [6.45, 7) is 0. The number of benzene rings is 2. The van der Waals surface area contributed by atoms with Crippen LogP contribution in [0, 0.1) is 10.1 Å². The van der Waals surface area contributed by atoms with Gasteiger partial charge in [-0.15, -0.1) is 0 Å². The Morgan fingerprint density at radius 1 is 1.09 bits per heavy atom. The molecule has 8 heteroatoms. The van der Waals surface area contributed by atoms with E-state index in [1.165, 1.54) is 36.4 Å². The van der Waals surface area contributed by atoms with Gasteiger partial charge in [-0.25, -0.2) is 4.79 Å². The van der Waals surface area contributed by atoms with Gasteiger partial charge >= 0.3 is 5.97 Å². The third-order valence-corrected chi connectivity index (χ3v) is 3.74. The first-order valence-corrected chi connectivity index (χ1v) is 7.27. The summed E-state index contributed by atoms with van der Waals surface area (Å²) in [5.41, 5.74) is -0.385. The van der Waals surface area contributed by atoms with Crippen molar-refractivity contribution in [2.45, 2.75) is 0 Å². The molecule has 2 aromatic rings. The summed E-state index contributed by atoms with van der Waals surface area (Å²) in [6, 6.07) is 8.26. The van der Waals surface area contributed by atoms with E-state index in [0.29, 0.717) is 10.6 Å². The Bertz CT molecular complexity index is 833. The highest BCUT2D eigenvalue weighted by atomic mass is 35.5. The third kappa shape index (κ3) is 4.01. The molecule has 2 aromatic carbocycles. The minimum atomic E-state index is -1.33. The molecule has 0 amide bonds. The number of aliphatic carboxylic acids is 1. The Morgan fingerprint density at radius 2 is 1.70 bits per heavy atom. The van der Waals surface area contributed by atoms with Crippen LogP contribution in [0.2, 0.25) is 15.1 Å². The summed E-state index contributed by atoms with van der Waals surface area (Å²) in [5, 5.41) is 21.3. The van der Waals surface area contributed by atoms with Crippen molar-refractivity contribution >= 4 is 58.1 Å². The topological polar surface area (TPSA) is 80.4 Å². The fourth-order valence-electron chi connectivity index (χ4n) is 1.91. The van der Waals surface area contributed by atoms with E-state index in [2.05, 4.69) is 0 Å². The number of nitro benzene ring substituents is 1. The second kappa shape index (κ2) is 7.00. The molecule has 0 saturated heterocycles. The molecule has 0 bridgehead atoms. The monoisotopic (exact) mass is 371 g/mol. The second-order valence-corrected chi connectivity index (χ2v) is 5.73. The molecule has 0 aliphatic carbocycles. The van der Waals surface area contributed by atoms with Gasteiger partial charge in [0.25, 0.3) is 5.69 Å². The molecule has 0 heterocycles. The lowest BCUT2D eigenvalue weighted by Crippen LogP contribution is -2.03. The molecule has 0 fully saturated rings. The van der Waals surface area contributed by atoms with Gasteiger partial charge in [0, 0.05) is 21.1 Å². The van der Waals surface area contributed by atoms with E-state index in [1.54, 1.807) is 0 Å². The first kappa shape index (κ1) is 17.3. The van der Waals surface area contributed by atoms with Crippen LogP contribution in [-0.2, 0) is 4.79 Å². The number of rotatable bonds is 4. The summed E-state index contributed by atoms with van der Waals surface area (Å²) >= 11 is 17.5. The van der Waals surface area contributed by atoms with Crippen LogP contribution in [0.15, 0.2) is 36.4 Å². The van der Waals surface area contributed by atoms with Gasteiger partial charge in [-0.05, 0) is 35.9 Å². The van der Waals surface area contributed by atoms with Crippen molar-refractivity contribution in [3.05, 3.63) is 72.7 Å². The van der Waals surface area contributed by atoms with E-state index in [-0.39, 0.29) is 21.2 Å².